The summed E-state index contributed by atoms with van der Waals surface area (Å²) in [5.74, 6) is 0. The lowest BCUT2D eigenvalue weighted by atomic mass is 10.1. The highest BCUT2D eigenvalue weighted by molar-refractivity contribution is 5.36. The lowest BCUT2D eigenvalue weighted by molar-refractivity contribution is 0.572. The van der Waals surface area contributed by atoms with Crippen molar-refractivity contribution >= 4 is 0 Å². The van der Waals surface area contributed by atoms with Crippen molar-refractivity contribution in [1.29, 1.82) is 10.5 Å². The number of nitriles is 2. The molecule has 1 aromatic heterocycles. The van der Waals surface area contributed by atoms with Crippen molar-refractivity contribution in [3.8, 4) is 12.1 Å². The first-order chi connectivity index (χ1) is 8.76. The van der Waals surface area contributed by atoms with Gasteiger partial charge in [0, 0.05) is 12.6 Å². The van der Waals surface area contributed by atoms with Crippen LogP contribution in [0.2, 0.25) is 0 Å². The molecule has 1 unspecified atom stereocenters. The van der Waals surface area contributed by atoms with Gasteiger partial charge in [-0.15, -0.1) is 0 Å². The van der Waals surface area contributed by atoms with Crippen molar-refractivity contribution in [3.05, 3.63) is 53.6 Å². The molecule has 0 spiro atoms. The van der Waals surface area contributed by atoms with E-state index in [9.17, 15) is 0 Å². The van der Waals surface area contributed by atoms with Crippen molar-refractivity contribution in [2.24, 2.45) is 5.73 Å². The number of nitrogens with two attached hydrogens (primary N) is 1. The smallest absolute Gasteiger partial charge is 0.176 e. The maximum absolute atomic E-state index is 9.00. The Morgan fingerprint density at radius 2 is 1.94 bits per heavy atom. The fourth-order valence-electron chi connectivity index (χ4n) is 1.74. The minimum absolute atomic E-state index is 0.137. The fraction of sp³-hybridized carbons (Fsp3) is 0.154. The molecule has 18 heavy (non-hydrogen) atoms. The largest absolute Gasteiger partial charge is 0.322 e. The molecular weight excluding hydrogens is 226 g/mol. The van der Waals surface area contributed by atoms with Gasteiger partial charge in [-0.2, -0.15) is 10.5 Å². The lowest BCUT2D eigenvalue weighted by Gasteiger charge is -2.13. The predicted octanol–water partition coefficient (Wildman–Crippen LogP) is 1.33. The number of hydrogen-bond acceptors (Lipinski definition) is 4. The summed E-state index contributed by atoms with van der Waals surface area (Å²) < 4.78 is 1.61. The van der Waals surface area contributed by atoms with Gasteiger partial charge in [0.25, 0.3) is 0 Å². The molecule has 0 saturated carbocycles. The second-order valence-corrected chi connectivity index (χ2v) is 3.83. The molecule has 1 heterocycles. The van der Waals surface area contributed by atoms with Crippen LogP contribution in [-0.2, 0) is 6.54 Å². The Bertz CT molecular complexity index is 615. The van der Waals surface area contributed by atoms with E-state index < -0.39 is 0 Å². The second kappa shape index (κ2) is 5.13. The van der Waals surface area contributed by atoms with Gasteiger partial charge in [0.2, 0.25) is 0 Å². The highest BCUT2D eigenvalue weighted by Gasteiger charge is 2.13. The molecule has 0 aliphatic rings. The number of hydrogen-bond donors (Lipinski definition) is 1. The van der Waals surface area contributed by atoms with Gasteiger partial charge in [-0.25, -0.2) is 4.98 Å². The van der Waals surface area contributed by atoms with E-state index in [-0.39, 0.29) is 17.4 Å². The second-order valence-electron chi connectivity index (χ2n) is 3.83. The van der Waals surface area contributed by atoms with E-state index in [1.807, 2.05) is 42.5 Å². The Balaban J connectivity index is 2.23. The standard InChI is InChI=1S/C13H11N5/c14-6-12-13(7-15)18(9-17-12)8-11(16)10-4-2-1-3-5-10/h1-5,9,11H,8,16H2. The van der Waals surface area contributed by atoms with E-state index >= 15 is 0 Å². The zero-order chi connectivity index (χ0) is 13.0. The van der Waals surface area contributed by atoms with Crippen LogP contribution in [-0.4, -0.2) is 9.55 Å². The molecule has 1 atom stereocenters. The number of benzene rings is 1. The highest BCUT2D eigenvalue weighted by atomic mass is 15.1. The Labute approximate surface area is 105 Å². The molecule has 0 saturated heterocycles. The first kappa shape index (κ1) is 11.8. The van der Waals surface area contributed by atoms with Crippen LogP contribution in [0.4, 0.5) is 0 Å². The van der Waals surface area contributed by atoms with Gasteiger partial charge in [0.15, 0.2) is 11.4 Å². The van der Waals surface area contributed by atoms with Crippen LogP contribution in [0.3, 0.4) is 0 Å². The third kappa shape index (κ3) is 2.22. The molecule has 2 N–H and O–H groups in total. The predicted molar refractivity (Wildman–Crippen MR) is 65.0 cm³/mol. The zero-order valence-corrected chi connectivity index (χ0v) is 9.61. The molecule has 2 rings (SSSR count). The number of aromatic nitrogens is 2. The average Bonchev–Trinajstić information content (AvgIpc) is 2.81. The molecule has 1 aromatic carbocycles. The monoisotopic (exact) mass is 237 g/mol. The van der Waals surface area contributed by atoms with Gasteiger partial charge in [-0.1, -0.05) is 30.3 Å². The summed E-state index contributed by atoms with van der Waals surface area (Å²) >= 11 is 0. The van der Waals surface area contributed by atoms with Crippen molar-refractivity contribution in [2.45, 2.75) is 12.6 Å². The maximum atomic E-state index is 9.00. The van der Waals surface area contributed by atoms with Crippen molar-refractivity contribution in [2.75, 3.05) is 0 Å². The van der Waals surface area contributed by atoms with Crippen LogP contribution in [0.15, 0.2) is 36.7 Å². The number of nitrogens with zero attached hydrogens (tertiary/aromatic N) is 4. The summed E-state index contributed by atoms with van der Waals surface area (Å²) in [5.41, 5.74) is 7.43. The van der Waals surface area contributed by atoms with Crippen LogP contribution in [0.25, 0.3) is 0 Å². The summed E-state index contributed by atoms with van der Waals surface area (Å²) in [6.45, 7) is 0.418. The molecule has 88 valence electrons. The topological polar surface area (TPSA) is 91.4 Å². The van der Waals surface area contributed by atoms with Crippen LogP contribution < -0.4 is 5.73 Å². The highest BCUT2D eigenvalue weighted by Crippen LogP contribution is 2.14. The van der Waals surface area contributed by atoms with Gasteiger partial charge < -0.3 is 10.3 Å². The lowest BCUT2D eigenvalue weighted by Crippen LogP contribution is -2.18. The summed E-state index contributed by atoms with van der Waals surface area (Å²) in [6, 6.07) is 13.2. The van der Waals surface area contributed by atoms with E-state index in [1.54, 1.807) is 4.57 Å². The van der Waals surface area contributed by atoms with Gasteiger partial charge in [0.05, 0.1) is 6.33 Å². The molecular formula is C13H11N5. The van der Waals surface area contributed by atoms with Crippen molar-refractivity contribution in [3.63, 3.8) is 0 Å². The summed E-state index contributed by atoms with van der Waals surface area (Å²) in [4.78, 5) is 3.88. The fourth-order valence-corrected chi connectivity index (χ4v) is 1.74. The van der Waals surface area contributed by atoms with E-state index in [4.69, 9.17) is 16.3 Å². The number of rotatable bonds is 3. The van der Waals surface area contributed by atoms with Gasteiger partial charge >= 0.3 is 0 Å². The molecule has 0 amide bonds. The Morgan fingerprint density at radius 3 is 2.56 bits per heavy atom. The quantitative estimate of drug-likeness (QED) is 0.871. The molecule has 5 heteroatoms. The first-order valence-corrected chi connectivity index (χ1v) is 5.42. The van der Waals surface area contributed by atoms with E-state index in [2.05, 4.69) is 4.98 Å². The van der Waals surface area contributed by atoms with Crippen LogP contribution >= 0.6 is 0 Å². The Hall–Kier alpha value is -2.63. The van der Waals surface area contributed by atoms with Crippen molar-refractivity contribution in [1.82, 2.24) is 9.55 Å². The minimum Gasteiger partial charge on any atom is -0.322 e. The first-order valence-electron chi connectivity index (χ1n) is 5.42. The van der Waals surface area contributed by atoms with Crippen LogP contribution in [0.5, 0.6) is 0 Å². The maximum Gasteiger partial charge on any atom is 0.176 e. The average molecular weight is 237 g/mol. The minimum atomic E-state index is -0.237. The normalized spacial score (nSPS) is 11.5. The molecule has 2 aromatic rings. The molecule has 0 bridgehead atoms. The third-order valence-corrected chi connectivity index (χ3v) is 2.67. The molecule has 0 radical (unpaired) electrons. The number of imidazole rings is 1. The van der Waals surface area contributed by atoms with E-state index in [1.165, 1.54) is 6.33 Å². The van der Waals surface area contributed by atoms with Gasteiger partial charge in [-0.05, 0) is 5.56 Å². The Morgan fingerprint density at radius 1 is 1.22 bits per heavy atom. The van der Waals surface area contributed by atoms with Gasteiger partial charge in [-0.3, -0.25) is 0 Å². The third-order valence-electron chi connectivity index (χ3n) is 2.67. The molecule has 0 fully saturated rings. The van der Waals surface area contributed by atoms with E-state index in [0.717, 1.165) is 5.56 Å². The molecule has 0 aliphatic carbocycles. The molecule has 5 nitrogen and oxygen atoms in total. The Kier molecular flexibility index (Phi) is 3.38. The summed E-state index contributed by atoms with van der Waals surface area (Å²) in [6.07, 6.45) is 1.47. The summed E-state index contributed by atoms with van der Waals surface area (Å²) in [7, 11) is 0. The SMILES string of the molecule is N#Cc1ncn(CC(N)c2ccccc2)c1C#N. The van der Waals surface area contributed by atoms with Crippen molar-refractivity contribution < 1.29 is 0 Å². The van der Waals surface area contributed by atoms with Crippen LogP contribution in [0.1, 0.15) is 23.0 Å². The van der Waals surface area contributed by atoms with Gasteiger partial charge in [0.1, 0.15) is 12.1 Å². The molecule has 0 aliphatic heterocycles. The summed E-state index contributed by atoms with van der Waals surface area (Å²) in [5, 5.41) is 17.8. The van der Waals surface area contributed by atoms with Crippen LogP contribution in [0, 0.1) is 22.7 Å². The van der Waals surface area contributed by atoms with E-state index in [0.29, 0.717) is 6.54 Å². The zero-order valence-electron chi connectivity index (χ0n) is 9.61.